The number of aromatic nitrogens is 2. The van der Waals surface area contributed by atoms with Gasteiger partial charge in [-0.2, -0.15) is 0 Å². The lowest BCUT2D eigenvalue weighted by Crippen LogP contribution is -2.43. The van der Waals surface area contributed by atoms with Crippen LogP contribution in [0.25, 0.3) is 0 Å². The highest BCUT2D eigenvalue weighted by Crippen LogP contribution is 2.09. The number of carbonyl (C=O) groups excluding carboxylic acids is 1. The molecule has 2 N–H and O–H groups in total. The number of likely N-dealkylation sites (N-methyl/N-ethyl adjacent to an activating group) is 1. The van der Waals surface area contributed by atoms with E-state index in [2.05, 4.69) is 19.1 Å². The molecule has 0 unspecified atom stereocenters. The number of aryl methyl sites for hydroxylation is 1. The Hall–Kier alpha value is -2.67. The second-order valence-electron chi connectivity index (χ2n) is 6.23. The molecule has 2 aromatic rings. The molecule has 1 heterocycles. The summed E-state index contributed by atoms with van der Waals surface area (Å²) in [7, 11) is 4.57. The molecule has 0 spiro atoms. The summed E-state index contributed by atoms with van der Waals surface area (Å²) in [4.78, 5) is 38.4. The SMILES string of the molecule is CCc1ccc(CN(C)CC(=O)c2c(N)n(C)c(=O)n(C)c2=O)cc1. The first-order valence-electron chi connectivity index (χ1n) is 8.11. The summed E-state index contributed by atoms with van der Waals surface area (Å²) in [5.74, 6) is -0.500. The minimum absolute atomic E-state index is 0.0349. The molecule has 134 valence electrons. The van der Waals surface area contributed by atoms with Crippen molar-refractivity contribution in [3.63, 3.8) is 0 Å². The molecule has 0 amide bonds. The van der Waals surface area contributed by atoms with Crippen molar-refractivity contribution in [2.45, 2.75) is 19.9 Å². The third-order valence-electron chi connectivity index (χ3n) is 4.29. The number of nitrogen functional groups attached to an aromatic ring is 1. The van der Waals surface area contributed by atoms with Crippen molar-refractivity contribution < 1.29 is 4.79 Å². The van der Waals surface area contributed by atoms with Crippen molar-refractivity contribution >= 4 is 11.6 Å². The van der Waals surface area contributed by atoms with E-state index in [4.69, 9.17) is 5.73 Å². The lowest BCUT2D eigenvalue weighted by molar-refractivity contribution is 0.0941. The van der Waals surface area contributed by atoms with Gasteiger partial charge >= 0.3 is 5.69 Å². The number of nitrogens with two attached hydrogens (primary N) is 1. The average molecular weight is 344 g/mol. The minimum Gasteiger partial charge on any atom is -0.384 e. The maximum Gasteiger partial charge on any atom is 0.332 e. The normalized spacial score (nSPS) is 11.1. The number of anilines is 1. The van der Waals surface area contributed by atoms with Crippen LogP contribution in [-0.4, -0.2) is 33.4 Å². The molecule has 1 aromatic heterocycles. The molecule has 0 fully saturated rings. The number of benzene rings is 1. The quantitative estimate of drug-likeness (QED) is 0.773. The highest BCUT2D eigenvalue weighted by atomic mass is 16.2. The number of carbonyl (C=O) groups is 1. The molecule has 2 rings (SSSR count). The van der Waals surface area contributed by atoms with Gasteiger partial charge in [0.1, 0.15) is 11.4 Å². The minimum atomic E-state index is -0.661. The van der Waals surface area contributed by atoms with Gasteiger partial charge in [0, 0.05) is 20.6 Å². The Balaban J connectivity index is 2.19. The van der Waals surface area contributed by atoms with Gasteiger partial charge in [0.2, 0.25) is 0 Å². The van der Waals surface area contributed by atoms with Gasteiger partial charge in [0.25, 0.3) is 5.56 Å². The Kier molecular flexibility index (Phi) is 5.58. The molecule has 0 atom stereocenters. The molecule has 0 aliphatic rings. The Labute approximate surface area is 146 Å². The molecule has 0 radical (unpaired) electrons. The summed E-state index contributed by atoms with van der Waals surface area (Å²) in [5.41, 5.74) is 6.80. The number of rotatable bonds is 6. The Morgan fingerprint density at radius 2 is 1.64 bits per heavy atom. The van der Waals surface area contributed by atoms with Crippen LogP contribution in [0.4, 0.5) is 5.82 Å². The van der Waals surface area contributed by atoms with Crippen molar-refractivity contribution in [2.75, 3.05) is 19.3 Å². The molecule has 7 heteroatoms. The number of Topliss-reactive ketones (excluding diaryl/α,β-unsaturated/α-hetero) is 1. The first-order chi connectivity index (χ1) is 11.8. The van der Waals surface area contributed by atoms with Gasteiger partial charge in [-0.15, -0.1) is 0 Å². The van der Waals surface area contributed by atoms with E-state index in [1.807, 2.05) is 17.0 Å². The van der Waals surface area contributed by atoms with Gasteiger partial charge < -0.3 is 5.73 Å². The highest BCUT2D eigenvalue weighted by molar-refractivity contribution is 6.01. The third-order valence-corrected chi connectivity index (χ3v) is 4.29. The predicted molar refractivity (Wildman–Crippen MR) is 97.8 cm³/mol. The molecule has 0 bridgehead atoms. The fourth-order valence-corrected chi connectivity index (χ4v) is 2.69. The fourth-order valence-electron chi connectivity index (χ4n) is 2.69. The van der Waals surface area contributed by atoms with Crippen LogP contribution >= 0.6 is 0 Å². The third kappa shape index (κ3) is 3.88. The molecule has 0 saturated carbocycles. The monoisotopic (exact) mass is 344 g/mol. The van der Waals surface area contributed by atoms with Crippen LogP contribution in [0.15, 0.2) is 33.9 Å². The number of hydrogen-bond donors (Lipinski definition) is 1. The zero-order valence-electron chi connectivity index (χ0n) is 15.1. The van der Waals surface area contributed by atoms with E-state index < -0.39 is 17.0 Å². The average Bonchev–Trinajstić information content (AvgIpc) is 2.59. The lowest BCUT2D eigenvalue weighted by Gasteiger charge is -2.17. The summed E-state index contributed by atoms with van der Waals surface area (Å²) in [6.45, 7) is 2.70. The van der Waals surface area contributed by atoms with Gasteiger partial charge in [-0.1, -0.05) is 31.2 Å². The molecular weight excluding hydrogens is 320 g/mol. The molecule has 0 aliphatic heterocycles. The van der Waals surface area contributed by atoms with Crippen LogP contribution in [0.5, 0.6) is 0 Å². The first-order valence-corrected chi connectivity index (χ1v) is 8.11. The van der Waals surface area contributed by atoms with E-state index in [0.717, 1.165) is 21.1 Å². The molecule has 1 aromatic carbocycles. The topological polar surface area (TPSA) is 90.3 Å². The van der Waals surface area contributed by atoms with Gasteiger partial charge in [0.05, 0.1) is 6.54 Å². The largest absolute Gasteiger partial charge is 0.384 e. The smallest absolute Gasteiger partial charge is 0.332 e. The number of nitrogens with zero attached hydrogens (tertiary/aromatic N) is 3. The second kappa shape index (κ2) is 7.48. The van der Waals surface area contributed by atoms with Crippen molar-refractivity contribution in [2.24, 2.45) is 14.1 Å². The Bertz CT molecular complexity index is 894. The van der Waals surface area contributed by atoms with Crippen LogP contribution in [0.3, 0.4) is 0 Å². The van der Waals surface area contributed by atoms with Gasteiger partial charge in [-0.05, 0) is 24.6 Å². The number of ketones is 1. The van der Waals surface area contributed by atoms with Crippen LogP contribution in [0.2, 0.25) is 0 Å². The van der Waals surface area contributed by atoms with Crippen LogP contribution in [-0.2, 0) is 27.1 Å². The zero-order chi connectivity index (χ0) is 18.7. The molecule has 0 aliphatic carbocycles. The van der Waals surface area contributed by atoms with Crippen LogP contribution < -0.4 is 17.0 Å². The highest BCUT2D eigenvalue weighted by Gasteiger charge is 2.21. The van der Waals surface area contributed by atoms with Crippen molar-refractivity contribution in [1.82, 2.24) is 14.0 Å². The van der Waals surface area contributed by atoms with E-state index in [-0.39, 0.29) is 17.9 Å². The van der Waals surface area contributed by atoms with Gasteiger partial charge in [-0.3, -0.25) is 23.6 Å². The van der Waals surface area contributed by atoms with Crippen LogP contribution in [0.1, 0.15) is 28.4 Å². The van der Waals surface area contributed by atoms with Gasteiger partial charge in [-0.25, -0.2) is 4.79 Å². The standard InChI is InChI=1S/C18H24N4O3/c1-5-12-6-8-13(9-7-12)10-20(2)11-14(23)15-16(19)21(3)18(25)22(4)17(15)24/h6-9H,5,10-11,19H2,1-4H3. The van der Waals surface area contributed by atoms with E-state index in [9.17, 15) is 14.4 Å². The predicted octanol–water partition coefficient (Wildman–Crippen LogP) is 0.543. The summed E-state index contributed by atoms with van der Waals surface area (Å²) in [6, 6.07) is 8.18. The molecular formula is C18H24N4O3. The maximum absolute atomic E-state index is 12.6. The summed E-state index contributed by atoms with van der Waals surface area (Å²) < 4.78 is 2.01. The number of hydrogen-bond acceptors (Lipinski definition) is 5. The second-order valence-corrected chi connectivity index (χ2v) is 6.23. The molecule has 7 nitrogen and oxygen atoms in total. The summed E-state index contributed by atoms with van der Waals surface area (Å²) >= 11 is 0. The van der Waals surface area contributed by atoms with Crippen molar-refractivity contribution in [1.29, 1.82) is 0 Å². The van der Waals surface area contributed by atoms with Crippen molar-refractivity contribution in [3.8, 4) is 0 Å². The van der Waals surface area contributed by atoms with E-state index in [0.29, 0.717) is 6.54 Å². The van der Waals surface area contributed by atoms with E-state index in [1.165, 1.54) is 19.7 Å². The van der Waals surface area contributed by atoms with Crippen molar-refractivity contribution in [3.05, 3.63) is 61.8 Å². The van der Waals surface area contributed by atoms with E-state index >= 15 is 0 Å². The summed E-state index contributed by atoms with van der Waals surface area (Å²) in [6.07, 6.45) is 0.976. The Morgan fingerprint density at radius 3 is 2.20 bits per heavy atom. The molecule has 0 saturated heterocycles. The zero-order valence-corrected chi connectivity index (χ0v) is 15.1. The van der Waals surface area contributed by atoms with E-state index in [1.54, 1.807) is 7.05 Å². The summed E-state index contributed by atoms with van der Waals surface area (Å²) in [5, 5.41) is 0. The fraction of sp³-hybridized carbons (Fsp3) is 0.389. The van der Waals surface area contributed by atoms with Crippen LogP contribution in [0, 0.1) is 0 Å². The molecule has 25 heavy (non-hydrogen) atoms. The Morgan fingerprint density at radius 1 is 1.08 bits per heavy atom. The maximum atomic E-state index is 12.6. The lowest BCUT2D eigenvalue weighted by atomic mass is 10.1. The first kappa shape index (κ1) is 18.7. The van der Waals surface area contributed by atoms with Gasteiger partial charge in [0.15, 0.2) is 5.78 Å².